The number of aromatic nitrogens is 2. The fraction of sp³-hybridized carbons (Fsp3) is 0.667. The van der Waals surface area contributed by atoms with E-state index in [1.165, 1.54) is 23.8 Å². The minimum Gasteiger partial charge on any atom is -0.462 e. The smallest absolute Gasteiger partial charge is 0.347 e. The van der Waals surface area contributed by atoms with Crippen LogP contribution in [-0.2, 0) is 11.3 Å². The van der Waals surface area contributed by atoms with E-state index in [1.807, 2.05) is 0 Å². The number of carbonyl (C=O) groups is 1. The lowest BCUT2D eigenvalue weighted by molar-refractivity contribution is 0.0523. The van der Waals surface area contributed by atoms with Gasteiger partial charge in [-0.05, 0) is 20.3 Å². The molecule has 0 amide bonds. The summed E-state index contributed by atoms with van der Waals surface area (Å²) in [5.74, 6) is -0.419. The Hall–Kier alpha value is -1.65. The van der Waals surface area contributed by atoms with Crippen molar-refractivity contribution in [1.82, 2.24) is 9.55 Å². The molecule has 0 aliphatic carbocycles. The van der Waals surface area contributed by atoms with E-state index in [2.05, 4.69) is 11.9 Å². The normalized spacial score (nSPS) is 10.6. The number of ether oxygens (including phenoxy) is 1. The van der Waals surface area contributed by atoms with Gasteiger partial charge in [-0.25, -0.2) is 9.59 Å². The second-order valence-corrected chi connectivity index (χ2v) is 4.85. The van der Waals surface area contributed by atoms with Gasteiger partial charge in [-0.15, -0.1) is 0 Å². The second-order valence-electron chi connectivity index (χ2n) is 4.85. The van der Waals surface area contributed by atoms with Gasteiger partial charge >= 0.3 is 11.7 Å². The van der Waals surface area contributed by atoms with Crippen LogP contribution in [0.25, 0.3) is 0 Å². The van der Waals surface area contributed by atoms with Gasteiger partial charge in [0.2, 0.25) is 0 Å². The molecule has 0 aromatic carbocycles. The summed E-state index contributed by atoms with van der Waals surface area (Å²) in [5.41, 5.74) is 0.502. The van der Waals surface area contributed by atoms with Gasteiger partial charge in [-0.1, -0.05) is 32.6 Å². The summed E-state index contributed by atoms with van der Waals surface area (Å²) in [6, 6.07) is 0. The van der Waals surface area contributed by atoms with Gasteiger partial charge in [0.1, 0.15) is 0 Å². The van der Waals surface area contributed by atoms with Crippen molar-refractivity contribution in [3.8, 4) is 0 Å². The topological polar surface area (TPSA) is 61.2 Å². The molecule has 5 heteroatoms. The highest BCUT2D eigenvalue weighted by Gasteiger charge is 2.13. The Morgan fingerprint density at radius 1 is 1.25 bits per heavy atom. The summed E-state index contributed by atoms with van der Waals surface area (Å²) in [4.78, 5) is 27.5. The van der Waals surface area contributed by atoms with Gasteiger partial charge in [0.25, 0.3) is 0 Å². The Labute approximate surface area is 120 Å². The number of esters is 1. The minimum absolute atomic E-state index is 0.300. The van der Waals surface area contributed by atoms with E-state index in [4.69, 9.17) is 4.74 Å². The molecule has 0 atom stereocenters. The highest BCUT2D eigenvalue weighted by atomic mass is 16.5. The molecule has 0 bridgehead atoms. The van der Waals surface area contributed by atoms with Crippen LogP contribution >= 0.6 is 0 Å². The lowest BCUT2D eigenvalue weighted by Crippen LogP contribution is -2.26. The van der Waals surface area contributed by atoms with Crippen LogP contribution in [0.15, 0.2) is 11.0 Å². The average Bonchev–Trinajstić information content (AvgIpc) is 2.40. The lowest BCUT2D eigenvalue weighted by Gasteiger charge is -2.09. The van der Waals surface area contributed by atoms with Gasteiger partial charge in [0.15, 0.2) is 0 Å². The predicted octanol–water partition coefficient (Wildman–Crippen LogP) is 2.70. The van der Waals surface area contributed by atoms with Crippen molar-refractivity contribution >= 4 is 5.97 Å². The van der Waals surface area contributed by atoms with Gasteiger partial charge in [0.05, 0.1) is 17.9 Å². The van der Waals surface area contributed by atoms with E-state index in [1.54, 1.807) is 20.0 Å². The summed E-state index contributed by atoms with van der Waals surface area (Å²) in [6.07, 6.45) is 7.17. The number of carbonyl (C=O) groups excluding carboxylic acids is 1. The van der Waals surface area contributed by atoms with Crippen molar-refractivity contribution < 1.29 is 9.53 Å². The van der Waals surface area contributed by atoms with E-state index in [-0.39, 0.29) is 5.69 Å². The molecule has 0 saturated carbocycles. The number of aryl methyl sites for hydroxylation is 2. The number of hydrogen-bond acceptors (Lipinski definition) is 4. The summed E-state index contributed by atoms with van der Waals surface area (Å²) < 4.78 is 6.47. The zero-order valence-corrected chi connectivity index (χ0v) is 12.6. The van der Waals surface area contributed by atoms with Crippen molar-refractivity contribution in [3.05, 3.63) is 27.9 Å². The molecule has 0 aliphatic heterocycles. The van der Waals surface area contributed by atoms with Crippen molar-refractivity contribution in [2.75, 3.05) is 6.61 Å². The molecule has 112 valence electrons. The molecule has 0 fully saturated rings. The van der Waals surface area contributed by atoms with Crippen LogP contribution in [-0.4, -0.2) is 22.1 Å². The average molecular weight is 280 g/mol. The van der Waals surface area contributed by atoms with E-state index < -0.39 is 5.97 Å². The third kappa shape index (κ3) is 4.79. The quantitative estimate of drug-likeness (QED) is 0.542. The molecule has 0 unspecified atom stereocenters. The molecular formula is C15H24N2O3. The highest BCUT2D eigenvalue weighted by Crippen LogP contribution is 2.07. The molecule has 1 rings (SSSR count). The van der Waals surface area contributed by atoms with E-state index in [0.717, 1.165) is 12.8 Å². The van der Waals surface area contributed by atoms with Gasteiger partial charge in [-0.2, -0.15) is 4.98 Å². The first-order valence-corrected chi connectivity index (χ1v) is 7.35. The number of nitrogens with zero attached hydrogens (tertiary/aromatic N) is 2. The van der Waals surface area contributed by atoms with E-state index >= 15 is 0 Å². The maximum absolute atomic E-state index is 11.8. The number of unbranched alkanes of at least 4 members (excludes halogenated alkanes) is 4. The van der Waals surface area contributed by atoms with Crippen molar-refractivity contribution in [2.24, 2.45) is 0 Å². The molecule has 0 aliphatic rings. The summed E-state index contributed by atoms with van der Waals surface area (Å²) >= 11 is 0. The molecule has 0 saturated heterocycles. The van der Waals surface area contributed by atoms with Crippen LogP contribution < -0.4 is 5.69 Å². The molecule has 1 heterocycles. The van der Waals surface area contributed by atoms with Crippen molar-refractivity contribution in [2.45, 2.75) is 59.4 Å². The minimum atomic E-state index is -0.419. The van der Waals surface area contributed by atoms with Gasteiger partial charge in [-0.3, -0.25) is 4.57 Å². The largest absolute Gasteiger partial charge is 0.462 e. The van der Waals surface area contributed by atoms with Crippen molar-refractivity contribution in [1.29, 1.82) is 0 Å². The SMILES string of the molecule is CCCCCCCn1cc(C(=O)OCC)c(C)nc1=O. The number of hydrogen-bond donors (Lipinski definition) is 0. The predicted molar refractivity (Wildman–Crippen MR) is 77.9 cm³/mol. The fourth-order valence-electron chi connectivity index (χ4n) is 2.03. The van der Waals surface area contributed by atoms with Gasteiger partial charge < -0.3 is 4.74 Å². The zero-order chi connectivity index (χ0) is 15.0. The maximum Gasteiger partial charge on any atom is 0.347 e. The molecular weight excluding hydrogens is 256 g/mol. The Balaban J connectivity index is 2.73. The summed E-state index contributed by atoms with van der Waals surface area (Å²) in [5, 5.41) is 0. The van der Waals surface area contributed by atoms with Crippen LogP contribution in [0.5, 0.6) is 0 Å². The first-order chi connectivity index (χ1) is 9.60. The Kier molecular flexibility index (Phi) is 6.98. The third-order valence-electron chi connectivity index (χ3n) is 3.18. The van der Waals surface area contributed by atoms with E-state index in [0.29, 0.717) is 24.4 Å². The third-order valence-corrected chi connectivity index (χ3v) is 3.18. The van der Waals surface area contributed by atoms with Crippen molar-refractivity contribution in [3.63, 3.8) is 0 Å². The summed E-state index contributed by atoms with van der Waals surface area (Å²) in [6.45, 7) is 6.49. The van der Waals surface area contributed by atoms with Crippen LogP contribution in [0.1, 0.15) is 62.0 Å². The Morgan fingerprint density at radius 2 is 1.95 bits per heavy atom. The van der Waals surface area contributed by atoms with Crippen LogP contribution in [0.2, 0.25) is 0 Å². The Morgan fingerprint density at radius 3 is 2.60 bits per heavy atom. The maximum atomic E-state index is 11.8. The first-order valence-electron chi connectivity index (χ1n) is 7.35. The standard InChI is InChI=1S/C15H24N2O3/c1-4-6-7-8-9-10-17-11-13(14(18)20-5-2)12(3)16-15(17)19/h11H,4-10H2,1-3H3. The van der Waals surface area contributed by atoms with Crippen LogP contribution in [0.3, 0.4) is 0 Å². The monoisotopic (exact) mass is 280 g/mol. The summed E-state index contributed by atoms with van der Waals surface area (Å²) in [7, 11) is 0. The number of rotatable bonds is 8. The van der Waals surface area contributed by atoms with Gasteiger partial charge in [0, 0.05) is 12.7 Å². The van der Waals surface area contributed by atoms with E-state index in [9.17, 15) is 9.59 Å². The molecule has 1 aromatic heterocycles. The second kappa shape index (κ2) is 8.51. The molecule has 0 N–H and O–H groups in total. The zero-order valence-electron chi connectivity index (χ0n) is 12.6. The van der Waals surface area contributed by atoms with Crippen LogP contribution in [0.4, 0.5) is 0 Å². The van der Waals surface area contributed by atoms with Crippen LogP contribution in [0, 0.1) is 6.92 Å². The molecule has 5 nitrogen and oxygen atoms in total. The molecule has 0 spiro atoms. The molecule has 20 heavy (non-hydrogen) atoms. The molecule has 1 aromatic rings. The fourth-order valence-corrected chi connectivity index (χ4v) is 2.03. The molecule has 0 radical (unpaired) electrons. The lowest BCUT2D eigenvalue weighted by atomic mass is 10.1. The highest BCUT2D eigenvalue weighted by molar-refractivity contribution is 5.90. The Bertz CT molecular complexity index is 494. The first kappa shape index (κ1) is 16.4.